The molecule has 0 heterocycles. The number of carbonyl (C=O) groups is 1. The zero-order chi connectivity index (χ0) is 26.0. The maximum Gasteiger partial charge on any atom is 0.262 e. The number of rotatable bonds is 13. The summed E-state index contributed by atoms with van der Waals surface area (Å²) in [7, 11) is -2.69. The van der Waals surface area contributed by atoms with Crippen LogP contribution in [0.3, 0.4) is 0 Å². The van der Waals surface area contributed by atoms with Gasteiger partial charge in [-0.2, -0.15) is 4.31 Å². The number of hydroxylamine groups is 1. The molecule has 0 unspecified atom stereocenters. The molecule has 36 heavy (non-hydrogen) atoms. The number of benzene rings is 3. The summed E-state index contributed by atoms with van der Waals surface area (Å²) in [5.74, 6) is 0.144. The van der Waals surface area contributed by atoms with E-state index in [1.807, 2.05) is 6.07 Å². The molecule has 2 N–H and O–H groups in total. The first-order valence-electron chi connectivity index (χ1n) is 11.3. The monoisotopic (exact) mass is 516 g/mol. The number of nitrogens with one attached hydrogen (secondary N) is 1. The summed E-state index contributed by atoms with van der Waals surface area (Å²) in [5.41, 5.74) is 2.96. The Morgan fingerprint density at radius 1 is 0.972 bits per heavy atom. The first-order valence-corrected chi connectivity index (χ1v) is 12.7. The van der Waals surface area contributed by atoms with Crippen LogP contribution in [0.25, 0.3) is 0 Å². The van der Waals surface area contributed by atoms with E-state index < -0.39 is 28.6 Å². The highest BCUT2D eigenvalue weighted by Gasteiger charge is 2.36. The highest BCUT2D eigenvalue weighted by molar-refractivity contribution is 7.89. The van der Waals surface area contributed by atoms with Crippen molar-refractivity contribution in [3.8, 4) is 11.5 Å². The number of halogens is 1. The van der Waals surface area contributed by atoms with Crippen LogP contribution in [0.1, 0.15) is 17.5 Å². The summed E-state index contributed by atoms with van der Waals surface area (Å²) >= 11 is 0. The number of alkyl halides is 1. The van der Waals surface area contributed by atoms with Gasteiger partial charge in [0.25, 0.3) is 5.91 Å². The van der Waals surface area contributed by atoms with Crippen molar-refractivity contribution in [1.29, 1.82) is 0 Å². The molecule has 8 nitrogen and oxygen atoms in total. The summed E-state index contributed by atoms with van der Waals surface area (Å²) in [6.07, 6.45) is 0.264. The molecule has 0 spiro atoms. The van der Waals surface area contributed by atoms with E-state index >= 15 is 0 Å². The van der Waals surface area contributed by atoms with E-state index in [0.717, 1.165) is 9.87 Å². The van der Waals surface area contributed by atoms with Crippen LogP contribution in [0.15, 0.2) is 83.8 Å². The Labute approximate surface area is 210 Å². The lowest BCUT2D eigenvalue weighted by atomic mass is 10.0. The number of sulfonamides is 1. The van der Waals surface area contributed by atoms with Gasteiger partial charge in [0.15, 0.2) is 0 Å². The van der Waals surface area contributed by atoms with Crippen molar-refractivity contribution in [2.24, 2.45) is 0 Å². The van der Waals surface area contributed by atoms with Gasteiger partial charge in [0, 0.05) is 13.0 Å². The molecule has 0 aliphatic carbocycles. The number of hydrogen-bond acceptors (Lipinski definition) is 6. The van der Waals surface area contributed by atoms with Crippen LogP contribution >= 0.6 is 0 Å². The lowest BCUT2D eigenvalue weighted by Crippen LogP contribution is -2.49. The quantitative estimate of drug-likeness (QED) is 0.204. The molecular formula is C26H29FN2O6S. The summed E-state index contributed by atoms with van der Waals surface area (Å²) in [6.45, 7) is -0.476. The van der Waals surface area contributed by atoms with Gasteiger partial charge >= 0.3 is 0 Å². The van der Waals surface area contributed by atoms with Gasteiger partial charge in [-0.1, -0.05) is 42.5 Å². The first-order chi connectivity index (χ1) is 17.4. The molecule has 3 aromatic carbocycles. The second kappa shape index (κ2) is 13.0. The van der Waals surface area contributed by atoms with E-state index in [4.69, 9.17) is 9.47 Å². The van der Waals surface area contributed by atoms with E-state index in [1.165, 1.54) is 31.4 Å². The third-order valence-electron chi connectivity index (χ3n) is 5.51. The SMILES string of the molecule is COc1ccc(CN([C@H](Cc2ccccc2)C(=O)NO)S(=O)(=O)c2ccc(OCCCF)cc2)cc1. The Balaban J connectivity index is 1.99. The molecule has 3 rings (SSSR count). The third kappa shape index (κ3) is 7.03. The largest absolute Gasteiger partial charge is 0.497 e. The molecule has 0 bridgehead atoms. The minimum absolute atomic E-state index is 0.0348. The van der Waals surface area contributed by atoms with Gasteiger partial charge in [-0.05, 0) is 53.9 Å². The number of amides is 1. The predicted octanol–water partition coefficient (Wildman–Crippen LogP) is 3.74. The molecule has 0 fully saturated rings. The van der Waals surface area contributed by atoms with Crippen molar-refractivity contribution < 1.29 is 32.3 Å². The minimum atomic E-state index is -4.22. The Hall–Kier alpha value is -3.47. The van der Waals surface area contributed by atoms with Crippen LogP contribution in [-0.2, 0) is 27.8 Å². The normalized spacial score (nSPS) is 12.2. The van der Waals surface area contributed by atoms with Crippen molar-refractivity contribution in [2.75, 3.05) is 20.4 Å². The van der Waals surface area contributed by atoms with Crippen LogP contribution < -0.4 is 15.0 Å². The molecule has 0 aliphatic rings. The van der Waals surface area contributed by atoms with Gasteiger partial charge in [0.05, 0.1) is 25.3 Å². The fraction of sp³-hybridized carbons (Fsp3) is 0.269. The smallest absolute Gasteiger partial charge is 0.262 e. The zero-order valence-electron chi connectivity index (χ0n) is 19.8. The van der Waals surface area contributed by atoms with Gasteiger partial charge in [0.2, 0.25) is 10.0 Å². The number of hydrogen-bond donors (Lipinski definition) is 2. The molecule has 3 aromatic rings. The predicted molar refractivity (Wildman–Crippen MR) is 132 cm³/mol. The van der Waals surface area contributed by atoms with E-state index in [0.29, 0.717) is 17.1 Å². The Morgan fingerprint density at radius 3 is 2.19 bits per heavy atom. The highest BCUT2D eigenvalue weighted by atomic mass is 32.2. The molecule has 0 aliphatic heterocycles. The molecule has 0 aromatic heterocycles. The zero-order valence-corrected chi connectivity index (χ0v) is 20.7. The van der Waals surface area contributed by atoms with Crippen LogP contribution in [0.4, 0.5) is 4.39 Å². The van der Waals surface area contributed by atoms with Crippen LogP contribution in [0.2, 0.25) is 0 Å². The summed E-state index contributed by atoms with van der Waals surface area (Å²) in [4.78, 5) is 12.7. The summed E-state index contributed by atoms with van der Waals surface area (Å²) in [6, 6.07) is 20.2. The highest BCUT2D eigenvalue weighted by Crippen LogP contribution is 2.26. The lowest BCUT2D eigenvalue weighted by Gasteiger charge is -2.30. The molecule has 192 valence electrons. The molecule has 0 saturated carbocycles. The lowest BCUT2D eigenvalue weighted by molar-refractivity contribution is -0.133. The average Bonchev–Trinajstić information content (AvgIpc) is 2.91. The van der Waals surface area contributed by atoms with E-state index in [9.17, 15) is 22.8 Å². The molecule has 0 saturated heterocycles. The third-order valence-corrected chi connectivity index (χ3v) is 7.38. The van der Waals surface area contributed by atoms with Crippen molar-refractivity contribution >= 4 is 15.9 Å². The van der Waals surface area contributed by atoms with Crippen LogP contribution in [0, 0.1) is 0 Å². The maximum absolute atomic E-state index is 13.8. The van der Waals surface area contributed by atoms with Gasteiger partial charge in [0.1, 0.15) is 17.5 Å². The van der Waals surface area contributed by atoms with Gasteiger partial charge in [-0.3, -0.25) is 14.4 Å². The molecule has 1 amide bonds. The van der Waals surface area contributed by atoms with Crippen molar-refractivity contribution in [1.82, 2.24) is 9.79 Å². The van der Waals surface area contributed by atoms with E-state index in [-0.39, 0.29) is 30.9 Å². The van der Waals surface area contributed by atoms with Crippen LogP contribution in [-0.4, -0.2) is 50.3 Å². The van der Waals surface area contributed by atoms with Gasteiger partial charge in [-0.25, -0.2) is 13.9 Å². The minimum Gasteiger partial charge on any atom is -0.497 e. The fourth-order valence-electron chi connectivity index (χ4n) is 3.60. The van der Waals surface area contributed by atoms with Gasteiger partial charge < -0.3 is 9.47 Å². The van der Waals surface area contributed by atoms with Gasteiger partial charge in [-0.15, -0.1) is 0 Å². The van der Waals surface area contributed by atoms with E-state index in [1.54, 1.807) is 54.0 Å². The van der Waals surface area contributed by atoms with Crippen molar-refractivity contribution in [2.45, 2.75) is 30.3 Å². The molecular weight excluding hydrogens is 487 g/mol. The standard InChI is InChI=1S/C26H29FN2O6S/c1-34-22-10-8-21(9-11-22)19-29(25(26(30)28-31)18-20-6-3-2-4-7-20)36(32,33)24-14-12-23(13-15-24)35-17-5-16-27/h2-4,6-15,25,31H,5,16-19H2,1H3,(H,28,30)/t25-/m1/s1. The Bertz CT molecular complexity index is 1210. The summed E-state index contributed by atoms with van der Waals surface area (Å²) < 4.78 is 51.7. The topological polar surface area (TPSA) is 105 Å². The first kappa shape index (κ1) is 27.1. The molecule has 10 heteroatoms. The number of nitrogens with zero attached hydrogens (tertiary/aromatic N) is 1. The van der Waals surface area contributed by atoms with Crippen molar-refractivity contribution in [3.05, 3.63) is 90.0 Å². The Kier molecular flexibility index (Phi) is 9.80. The second-order valence-corrected chi connectivity index (χ2v) is 9.83. The molecule has 0 radical (unpaired) electrons. The second-order valence-electron chi connectivity index (χ2n) is 7.94. The van der Waals surface area contributed by atoms with Crippen molar-refractivity contribution in [3.63, 3.8) is 0 Å². The molecule has 1 atom stereocenters. The summed E-state index contributed by atoms with van der Waals surface area (Å²) in [5, 5.41) is 9.46. The fourth-order valence-corrected chi connectivity index (χ4v) is 5.17. The van der Waals surface area contributed by atoms with Crippen LogP contribution in [0.5, 0.6) is 11.5 Å². The number of carbonyl (C=O) groups excluding carboxylic acids is 1. The number of methoxy groups -OCH3 is 1. The maximum atomic E-state index is 13.8. The van der Waals surface area contributed by atoms with E-state index in [2.05, 4.69) is 0 Å². The average molecular weight is 517 g/mol. The number of ether oxygens (including phenoxy) is 2. The Morgan fingerprint density at radius 2 is 1.61 bits per heavy atom.